The molecule has 3 heterocycles. The van der Waals surface area contributed by atoms with Crippen molar-refractivity contribution in [1.29, 1.82) is 0 Å². The van der Waals surface area contributed by atoms with Crippen LogP contribution in [0.3, 0.4) is 0 Å². The number of aliphatic hydroxyl groups excluding tert-OH is 1. The van der Waals surface area contributed by atoms with E-state index in [1.807, 2.05) is 68.5 Å². The van der Waals surface area contributed by atoms with E-state index in [1.165, 1.54) is 5.56 Å². The first-order chi connectivity index (χ1) is 16.6. The van der Waals surface area contributed by atoms with Crippen LogP contribution in [0.25, 0.3) is 11.4 Å². The van der Waals surface area contributed by atoms with Gasteiger partial charge in [0.2, 0.25) is 0 Å². The molecular weight excluding hydrogens is 440 g/mol. The molecule has 4 rings (SSSR count). The van der Waals surface area contributed by atoms with E-state index < -0.39 is 17.7 Å². The van der Waals surface area contributed by atoms with Gasteiger partial charge in [0, 0.05) is 12.7 Å². The number of carbonyl (C=O) groups excluding carboxylic acids is 2. The van der Waals surface area contributed by atoms with Crippen LogP contribution in [-0.4, -0.2) is 63.2 Å². The SMILES string of the molecule is Cc1nc2c(C)cccn2c1C(O)=C1C(=O)C(=O)N(CCCN(C)C)[C@H]1c1ccc(C(C)C)cc1. The molecule has 0 unspecified atom stereocenters. The lowest BCUT2D eigenvalue weighted by molar-refractivity contribution is -0.139. The second kappa shape index (κ2) is 9.66. The Kier molecular flexibility index (Phi) is 6.81. The van der Waals surface area contributed by atoms with Gasteiger partial charge in [-0.1, -0.05) is 44.2 Å². The maximum atomic E-state index is 13.4. The van der Waals surface area contributed by atoms with Crippen molar-refractivity contribution in [3.63, 3.8) is 0 Å². The summed E-state index contributed by atoms with van der Waals surface area (Å²) in [4.78, 5) is 34.9. The highest BCUT2D eigenvalue weighted by Crippen LogP contribution is 2.40. The quantitative estimate of drug-likeness (QED) is 0.311. The van der Waals surface area contributed by atoms with Crippen LogP contribution in [0, 0.1) is 13.8 Å². The Morgan fingerprint density at radius 1 is 1.11 bits per heavy atom. The van der Waals surface area contributed by atoms with Crippen LogP contribution in [0.1, 0.15) is 60.3 Å². The van der Waals surface area contributed by atoms with Gasteiger partial charge < -0.3 is 14.9 Å². The normalized spacial score (nSPS) is 17.9. The minimum Gasteiger partial charge on any atom is -0.505 e. The molecule has 0 saturated carbocycles. The van der Waals surface area contributed by atoms with Crippen LogP contribution in [0.5, 0.6) is 0 Å². The highest BCUT2D eigenvalue weighted by atomic mass is 16.3. The van der Waals surface area contributed by atoms with Gasteiger partial charge in [0.1, 0.15) is 11.3 Å². The molecule has 1 fully saturated rings. The molecule has 35 heavy (non-hydrogen) atoms. The second-order valence-corrected chi connectivity index (χ2v) is 9.90. The van der Waals surface area contributed by atoms with E-state index in [0.717, 1.165) is 17.7 Å². The summed E-state index contributed by atoms with van der Waals surface area (Å²) in [6, 6.07) is 11.2. The molecule has 0 aliphatic carbocycles. The van der Waals surface area contributed by atoms with Gasteiger partial charge in [-0.15, -0.1) is 0 Å². The van der Waals surface area contributed by atoms with Crippen LogP contribution >= 0.6 is 0 Å². The van der Waals surface area contributed by atoms with E-state index in [2.05, 4.69) is 18.8 Å². The zero-order valence-electron chi connectivity index (χ0n) is 21.4. The third-order valence-corrected chi connectivity index (χ3v) is 6.71. The molecule has 1 amide bonds. The Bertz CT molecular complexity index is 1300. The number of ketones is 1. The number of aliphatic hydroxyl groups is 1. The lowest BCUT2D eigenvalue weighted by atomic mass is 9.93. The van der Waals surface area contributed by atoms with Gasteiger partial charge in [-0.05, 0) is 69.6 Å². The zero-order valence-corrected chi connectivity index (χ0v) is 21.4. The van der Waals surface area contributed by atoms with Crippen LogP contribution in [0.2, 0.25) is 0 Å². The monoisotopic (exact) mass is 474 g/mol. The first kappa shape index (κ1) is 24.7. The molecule has 184 valence electrons. The van der Waals surface area contributed by atoms with Gasteiger partial charge in [-0.2, -0.15) is 0 Å². The molecule has 7 heteroatoms. The number of benzene rings is 1. The molecule has 0 spiro atoms. The molecule has 1 N–H and O–H groups in total. The van der Waals surface area contributed by atoms with Crippen molar-refractivity contribution in [2.24, 2.45) is 0 Å². The van der Waals surface area contributed by atoms with Crippen LogP contribution in [-0.2, 0) is 9.59 Å². The Balaban J connectivity index is 1.88. The maximum Gasteiger partial charge on any atom is 0.295 e. The molecule has 0 radical (unpaired) electrons. The molecule has 1 aromatic carbocycles. The van der Waals surface area contributed by atoms with E-state index in [4.69, 9.17) is 0 Å². The van der Waals surface area contributed by atoms with Crippen molar-refractivity contribution in [2.75, 3.05) is 27.2 Å². The molecular formula is C28H34N4O3. The van der Waals surface area contributed by atoms with Gasteiger partial charge in [-0.25, -0.2) is 4.98 Å². The predicted molar refractivity (Wildman–Crippen MR) is 137 cm³/mol. The number of Topliss-reactive ketones (excluding diaryl/α,β-unsaturated/α-hetero) is 1. The summed E-state index contributed by atoms with van der Waals surface area (Å²) in [7, 11) is 3.96. The van der Waals surface area contributed by atoms with Crippen molar-refractivity contribution in [3.8, 4) is 0 Å². The summed E-state index contributed by atoms with van der Waals surface area (Å²) in [5, 5.41) is 11.6. The fourth-order valence-electron chi connectivity index (χ4n) is 4.81. The number of imidazole rings is 1. The number of likely N-dealkylation sites (tertiary alicyclic amines) is 1. The number of aromatic nitrogens is 2. The molecule has 1 aliphatic rings. The lowest BCUT2D eigenvalue weighted by Crippen LogP contribution is -2.32. The minimum absolute atomic E-state index is 0.114. The number of amides is 1. The van der Waals surface area contributed by atoms with Crippen molar-refractivity contribution in [2.45, 2.75) is 46.1 Å². The highest BCUT2D eigenvalue weighted by Gasteiger charge is 2.46. The Morgan fingerprint density at radius 3 is 2.43 bits per heavy atom. The topological polar surface area (TPSA) is 78.1 Å². The highest BCUT2D eigenvalue weighted by molar-refractivity contribution is 6.46. The Morgan fingerprint density at radius 2 is 1.80 bits per heavy atom. The van der Waals surface area contributed by atoms with Crippen LogP contribution < -0.4 is 0 Å². The molecule has 7 nitrogen and oxygen atoms in total. The van der Waals surface area contributed by atoms with E-state index in [-0.39, 0.29) is 11.3 Å². The summed E-state index contributed by atoms with van der Waals surface area (Å²) >= 11 is 0. The van der Waals surface area contributed by atoms with Crippen LogP contribution in [0.4, 0.5) is 0 Å². The zero-order chi connectivity index (χ0) is 25.4. The number of nitrogens with zero attached hydrogens (tertiary/aromatic N) is 4. The van der Waals surface area contributed by atoms with E-state index in [0.29, 0.717) is 35.9 Å². The molecule has 1 saturated heterocycles. The number of hydrogen-bond donors (Lipinski definition) is 1. The average Bonchev–Trinajstić information content (AvgIpc) is 3.28. The first-order valence-electron chi connectivity index (χ1n) is 12.1. The number of aryl methyl sites for hydroxylation is 2. The molecule has 2 aromatic heterocycles. The van der Waals surface area contributed by atoms with Gasteiger partial charge in [0.25, 0.3) is 11.7 Å². The summed E-state index contributed by atoms with van der Waals surface area (Å²) in [5.41, 5.74) is 4.81. The fourth-order valence-corrected chi connectivity index (χ4v) is 4.81. The Hall–Kier alpha value is -3.45. The largest absolute Gasteiger partial charge is 0.505 e. The molecule has 1 atom stereocenters. The summed E-state index contributed by atoms with van der Waals surface area (Å²) in [6.45, 7) is 9.21. The summed E-state index contributed by atoms with van der Waals surface area (Å²) < 4.78 is 1.79. The number of carbonyl (C=O) groups is 2. The van der Waals surface area contributed by atoms with Gasteiger partial charge >= 0.3 is 0 Å². The summed E-state index contributed by atoms with van der Waals surface area (Å²) in [5.74, 6) is -1.07. The Labute approximate surface area is 206 Å². The van der Waals surface area contributed by atoms with E-state index in [1.54, 1.807) is 16.2 Å². The smallest absolute Gasteiger partial charge is 0.295 e. The third-order valence-electron chi connectivity index (χ3n) is 6.71. The van der Waals surface area contributed by atoms with Crippen molar-refractivity contribution in [3.05, 3.63) is 76.2 Å². The number of fused-ring (bicyclic) bond motifs is 1. The van der Waals surface area contributed by atoms with Gasteiger partial charge in [0.05, 0.1) is 17.3 Å². The van der Waals surface area contributed by atoms with Crippen LogP contribution in [0.15, 0.2) is 48.2 Å². The van der Waals surface area contributed by atoms with Crippen molar-refractivity contribution in [1.82, 2.24) is 19.2 Å². The predicted octanol–water partition coefficient (Wildman–Crippen LogP) is 4.45. The third kappa shape index (κ3) is 4.48. The van der Waals surface area contributed by atoms with Gasteiger partial charge in [0.15, 0.2) is 5.76 Å². The molecule has 0 bridgehead atoms. The molecule has 1 aliphatic heterocycles. The fraction of sp³-hybridized carbons (Fsp3) is 0.393. The number of rotatable bonds is 7. The number of pyridine rings is 1. The van der Waals surface area contributed by atoms with E-state index in [9.17, 15) is 14.7 Å². The average molecular weight is 475 g/mol. The number of hydrogen-bond acceptors (Lipinski definition) is 5. The van der Waals surface area contributed by atoms with Gasteiger partial charge in [-0.3, -0.25) is 14.0 Å². The van der Waals surface area contributed by atoms with E-state index >= 15 is 0 Å². The van der Waals surface area contributed by atoms with Crippen molar-refractivity contribution >= 4 is 23.1 Å². The van der Waals surface area contributed by atoms with Crippen molar-refractivity contribution < 1.29 is 14.7 Å². The second-order valence-electron chi connectivity index (χ2n) is 9.90. The lowest BCUT2D eigenvalue weighted by Gasteiger charge is -2.26. The maximum absolute atomic E-state index is 13.4. The molecule has 3 aromatic rings. The first-order valence-corrected chi connectivity index (χ1v) is 12.1. The minimum atomic E-state index is -0.660. The summed E-state index contributed by atoms with van der Waals surface area (Å²) in [6.07, 6.45) is 2.53. The standard InChI is InChI=1S/C28H34N4O3/c1-17(2)20-10-12-21(13-11-20)24-22(26(34)28(35)32(24)16-8-14-30(5)6)25(33)23-19(4)29-27-18(3)9-7-15-31(23)27/h7,9-13,15,17,24,33H,8,14,16H2,1-6H3/t24-/m0/s1.